The third-order valence-electron chi connectivity index (χ3n) is 7.12. The summed E-state index contributed by atoms with van der Waals surface area (Å²) in [6, 6.07) is 3.47. The second-order valence-corrected chi connectivity index (χ2v) is 10.6. The molecule has 0 spiro atoms. The Morgan fingerprint density at radius 3 is 2.46 bits per heavy atom. The van der Waals surface area contributed by atoms with Crippen molar-refractivity contribution >= 4 is 22.8 Å². The number of carbonyl (C=O) groups excluding carboxylic acids is 1. The van der Waals surface area contributed by atoms with Gasteiger partial charge < -0.3 is 15.0 Å². The molecule has 1 saturated carbocycles. The van der Waals surface area contributed by atoms with Crippen molar-refractivity contribution < 1.29 is 22.7 Å². The molecular weight excluding hydrogens is 513 g/mol. The van der Waals surface area contributed by atoms with Crippen LogP contribution in [0.3, 0.4) is 0 Å². The molecule has 2 aliphatic rings. The first-order valence-electron chi connectivity index (χ1n) is 13.1. The van der Waals surface area contributed by atoms with Crippen molar-refractivity contribution in [2.45, 2.75) is 71.5 Å². The van der Waals surface area contributed by atoms with Crippen LogP contribution in [0.25, 0.3) is 11.0 Å². The van der Waals surface area contributed by atoms with Gasteiger partial charge in [0.25, 0.3) is 11.5 Å². The molecule has 0 aromatic carbocycles. The van der Waals surface area contributed by atoms with Crippen LogP contribution in [0.2, 0.25) is 0 Å². The van der Waals surface area contributed by atoms with Crippen LogP contribution in [0.15, 0.2) is 29.2 Å². The number of morpholine rings is 1. The predicted molar refractivity (Wildman–Crippen MR) is 138 cm³/mol. The van der Waals surface area contributed by atoms with E-state index in [0.717, 1.165) is 12.8 Å². The molecule has 1 saturated heterocycles. The van der Waals surface area contributed by atoms with Gasteiger partial charge in [-0.2, -0.15) is 13.2 Å². The van der Waals surface area contributed by atoms with E-state index >= 15 is 0 Å². The minimum atomic E-state index is -4.76. The van der Waals surface area contributed by atoms with Gasteiger partial charge >= 0.3 is 6.18 Å². The van der Waals surface area contributed by atoms with Gasteiger partial charge in [0.1, 0.15) is 11.6 Å². The third-order valence-corrected chi connectivity index (χ3v) is 7.12. The van der Waals surface area contributed by atoms with E-state index < -0.39 is 23.5 Å². The average Bonchev–Trinajstić information content (AvgIpc) is 3.69. The molecule has 9 nitrogen and oxygen atoms in total. The van der Waals surface area contributed by atoms with Gasteiger partial charge in [-0.3, -0.25) is 14.2 Å². The maximum Gasteiger partial charge on any atom is 0.433 e. The number of nitrogens with one attached hydrogen (secondary N) is 1. The molecule has 1 N–H and O–H groups in total. The lowest BCUT2D eigenvalue weighted by Crippen LogP contribution is -2.48. The second-order valence-electron chi connectivity index (χ2n) is 10.6. The fraction of sp³-hybridized carbons (Fsp3) is 0.519. The lowest BCUT2D eigenvalue weighted by Gasteiger charge is -2.35. The number of hydrogen-bond donors (Lipinski definition) is 1. The zero-order valence-corrected chi connectivity index (χ0v) is 22.2. The number of ether oxygens (including phenoxy) is 1. The molecule has 39 heavy (non-hydrogen) atoms. The van der Waals surface area contributed by atoms with Gasteiger partial charge in [0.2, 0.25) is 0 Å². The number of amides is 1. The summed E-state index contributed by atoms with van der Waals surface area (Å²) in [5, 5.41) is 3.00. The molecular formula is C27H31F3N6O3. The van der Waals surface area contributed by atoms with Crippen LogP contribution < -0.4 is 10.9 Å². The van der Waals surface area contributed by atoms with Crippen molar-refractivity contribution in [3.8, 4) is 0 Å². The van der Waals surface area contributed by atoms with Gasteiger partial charge in [0, 0.05) is 31.4 Å². The normalized spacial score (nSPS) is 20.7. The van der Waals surface area contributed by atoms with E-state index in [2.05, 4.69) is 20.3 Å². The summed E-state index contributed by atoms with van der Waals surface area (Å²) in [6.07, 6.45) is -1.49. The summed E-state index contributed by atoms with van der Waals surface area (Å²) in [5.41, 5.74) is -1.54. The van der Waals surface area contributed by atoms with Crippen molar-refractivity contribution in [3.63, 3.8) is 0 Å². The topological polar surface area (TPSA) is 102 Å². The largest absolute Gasteiger partial charge is 0.433 e. The molecule has 1 aliphatic heterocycles. The van der Waals surface area contributed by atoms with Crippen LogP contribution in [-0.4, -0.2) is 55.6 Å². The fourth-order valence-electron chi connectivity index (χ4n) is 5.03. The Balaban J connectivity index is 1.42. The number of pyridine rings is 2. The quantitative estimate of drug-likeness (QED) is 0.492. The first-order chi connectivity index (χ1) is 18.4. The Hall–Kier alpha value is -3.54. The number of alkyl halides is 3. The van der Waals surface area contributed by atoms with Crippen LogP contribution in [0.4, 0.5) is 19.0 Å². The Morgan fingerprint density at radius 2 is 1.87 bits per heavy atom. The molecule has 0 bridgehead atoms. The van der Waals surface area contributed by atoms with Gasteiger partial charge in [-0.05, 0) is 64.7 Å². The van der Waals surface area contributed by atoms with E-state index in [-0.39, 0.29) is 40.5 Å². The summed E-state index contributed by atoms with van der Waals surface area (Å²) < 4.78 is 49.3. The predicted octanol–water partition coefficient (Wildman–Crippen LogP) is 4.35. The summed E-state index contributed by atoms with van der Waals surface area (Å²) in [6.45, 7) is 8.38. The molecule has 0 radical (unpaired) electrons. The van der Waals surface area contributed by atoms with E-state index in [1.807, 2.05) is 13.8 Å². The minimum absolute atomic E-state index is 0.0424. The molecule has 2 fully saturated rings. The van der Waals surface area contributed by atoms with E-state index in [1.54, 1.807) is 30.9 Å². The zero-order chi connectivity index (χ0) is 28.1. The van der Waals surface area contributed by atoms with Gasteiger partial charge in [0.05, 0.1) is 29.2 Å². The number of aromatic nitrogens is 4. The van der Waals surface area contributed by atoms with E-state index in [9.17, 15) is 22.8 Å². The number of carbonyl (C=O) groups is 1. The number of anilines is 1. The molecule has 1 aliphatic carbocycles. The number of aryl methyl sites for hydroxylation is 1. The molecule has 3 aromatic rings. The van der Waals surface area contributed by atoms with Gasteiger partial charge in [-0.1, -0.05) is 0 Å². The lowest BCUT2D eigenvalue weighted by molar-refractivity contribution is -0.141. The van der Waals surface area contributed by atoms with Crippen LogP contribution in [0.1, 0.15) is 67.1 Å². The average molecular weight is 545 g/mol. The number of nitrogens with zero attached hydrogens (tertiary/aromatic N) is 5. The van der Waals surface area contributed by atoms with Crippen molar-refractivity contribution in [1.82, 2.24) is 24.4 Å². The van der Waals surface area contributed by atoms with E-state index in [0.29, 0.717) is 36.9 Å². The van der Waals surface area contributed by atoms with Crippen LogP contribution in [-0.2, 0) is 17.5 Å². The van der Waals surface area contributed by atoms with E-state index in [4.69, 9.17) is 4.74 Å². The highest BCUT2D eigenvalue weighted by molar-refractivity contribution is 5.94. The number of fused-ring (bicyclic) bond motifs is 1. The first kappa shape index (κ1) is 27.0. The monoisotopic (exact) mass is 544 g/mol. The van der Waals surface area contributed by atoms with Crippen molar-refractivity contribution in [2.75, 3.05) is 18.4 Å². The SMILES string of the molecule is Cc1nc2nc(C(F)(F)F)c(C(C)Nc3ccc(C(=O)N4CC(C)OC(C)C4)cn3)cc2c(=O)n1CC1CC1. The Labute approximate surface area is 223 Å². The van der Waals surface area contributed by atoms with E-state index in [1.165, 1.54) is 16.8 Å². The number of halogens is 3. The first-order valence-corrected chi connectivity index (χ1v) is 13.1. The minimum Gasteiger partial charge on any atom is -0.372 e. The molecule has 12 heteroatoms. The van der Waals surface area contributed by atoms with Crippen molar-refractivity contribution in [2.24, 2.45) is 5.92 Å². The maximum absolute atomic E-state index is 14.0. The molecule has 3 aromatic heterocycles. The Bertz CT molecular complexity index is 1440. The molecule has 1 amide bonds. The van der Waals surface area contributed by atoms with Crippen LogP contribution >= 0.6 is 0 Å². The van der Waals surface area contributed by atoms with Gasteiger partial charge in [-0.15, -0.1) is 0 Å². The van der Waals surface area contributed by atoms with Crippen molar-refractivity contribution in [1.29, 1.82) is 0 Å². The summed E-state index contributed by atoms with van der Waals surface area (Å²) in [5.74, 6) is 0.828. The van der Waals surface area contributed by atoms with Gasteiger partial charge in [0.15, 0.2) is 11.3 Å². The lowest BCUT2D eigenvalue weighted by atomic mass is 10.0. The highest BCUT2D eigenvalue weighted by atomic mass is 19.4. The second kappa shape index (κ2) is 10.2. The van der Waals surface area contributed by atoms with Crippen molar-refractivity contribution in [3.05, 3.63) is 57.4 Å². The molecule has 3 atom stereocenters. The smallest absolute Gasteiger partial charge is 0.372 e. The number of rotatable bonds is 6. The highest BCUT2D eigenvalue weighted by Crippen LogP contribution is 2.36. The summed E-state index contributed by atoms with van der Waals surface area (Å²) in [7, 11) is 0. The third kappa shape index (κ3) is 5.75. The molecule has 3 unspecified atom stereocenters. The van der Waals surface area contributed by atoms with Crippen LogP contribution in [0.5, 0.6) is 0 Å². The highest BCUT2D eigenvalue weighted by Gasteiger charge is 2.38. The molecule has 208 valence electrons. The maximum atomic E-state index is 14.0. The summed E-state index contributed by atoms with van der Waals surface area (Å²) >= 11 is 0. The van der Waals surface area contributed by atoms with Crippen LogP contribution in [0, 0.1) is 12.8 Å². The summed E-state index contributed by atoms with van der Waals surface area (Å²) in [4.78, 5) is 40.1. The standard InChI is InChI=1S/C27H31F3N6O3/c1-14-11-35(12-15(2)39-14)25(37)19-7-8-22(31-10-19)32-16(3)20-9-21-24(34-23(20)27(28,29)30)33-17(4)36(26(21)38)13-18-5-6-18/h7-10,14-16,18H,5-6,11-13H2,1-4H3,(H,31,32). The fourth-order valence-corrected chi connectivity index (χ4v) is 5.03. The van der Waals surface area contributed by atoms with Gasteiger partial charge in [-0.25, -0.2) is 15.0 Å². The molecule has 5 rings (SSSR count). The number of hydrogen-bond acceptors (Lipinski definition) is 7. The molecule has 4 heterocycles. The zero-order valence-electron chi connectivity index (χ0n) is 22.2. The Kier molecular flexibility index (Phi) is 7.08. The Morgan fingerprint density at radius 1 is 1.18 bits per heavy atom.